The summed E-state index contributed by atoms with van der Waals surface area (Å²) < 4.78 is 32.1. The summed E-state index contributed by atoms with van der Waals surface area (Å²) in [7, 11) is 0. The Hall–Kier alpha value is -2.20. The molecule has 0 spiro atoms. The van der Waals surface area contributed by atoms with Gasteiger partial charge in [0.05, 0.1) is 16.6 Å². The van der Waals surface area contributed by atoms with E-state index in [1.54, 1.807) is 4.90 Å². The fourth-order valence-electron chi connectivity index (χ4n) is 4.43. The van der Waals surface area contributed by atoms with E-state index in [4.69, 9.17) is 5.73 Å². The maximum Gasteiger partial charge on any atom is 0.341 e. The minimum atomic E-state index is -1.44. The van der Waals surface area contributed by atoms with E-state index >= 15 is 8.78 Å². The highest BCUT2D eigenvalue weighted by atomic mass is 79.9. The van der Waals surface area contributed by atoms with Gasteiger partial charge in [-0.1, -0.05) is 0 Å². The normalized spacial score (nSPS) is 23.3. The number of rotatable bonds is 3. The molecule has 3 heterocycles. The van der Waals surface area contributed by atoms with Crippen molar-refractivity contribution in [3.8, 4) is 0 Å². The molecule has 7 nitrogen and oxygen atoms in total. The van der Waals surface area contributed by atoms with Crippen LogP contribution in [0.15, 0.2) is 11.0 Å². The van der Waals surface area contributed by atoms with Crippen LogP contribution in [0.3, 0.4) is 0 Å². The van der Waals surface area contributed by atoms with Crippen LogP contribution < -0.4 is 21.4 Å². The van der Waals surface area contributed by atoms with Crippen LogP contribution in [0.1, 0.15) is 35.7 Å². The molecule has 10 heteroatoms. The molecule has 150 valence electrons. The summed E-state index contributed by atoms with van der Waals surface area (Å²) in [6.45, 7) is 1.10. The molecule has 3 aliphatic rings. The van der Waals surface area contributed by atoms with Gasteiger partial charge in [-0.3, -0.25) is 4.79 Å². The number of anilines is 2. The molecule has 5 rings (SSSR count). The number of fused-ring (bicyclic) bond motifs is 3. The Kier molecular flexibility index (Phi) is 4.38. The maximum atomic E-state index is 15.6. The Morgan fingerprint density at radius 1 is 1.25 bits per heavy atom. The number of hydrogen-bond donors (Lipinski definition) is 3. The molecule has 2 aromatic rings. The summed E-state index contributed by atoms with van der Waals surface area (Å²) in [6.07, 6.45) is 3.43. The Bertz CT molecular complexity index is 1070. The molecule has 1 aromatic heterocycles. The van der Waals surface area contributed by atoms with Gasteiger partial charge >= 0.3 is 5.97 Å². The third-order valence-electron chi connectivity index (χ3n) is 5.88. The summed E-state index contributed by atoms with van der Waals surface area (Å²) in [6, 6.07) is 0.0241. The SMILES string of the molecule is Br.Nc1c(F)c(N2C[C@@H]3CC2CN3)c(F)c2c1c(=O)c(C(=O)O)cn2C1CC1. The summed E-state index contributed by atoms with van der Waals surface area (Å²) in [5.41, 5.74) is 3.63. The van der Waals surface area contributed by atoms with Crippen molar-refractivity contribution in [1.29, 1.82) is 0 Å². The molecule has 2 aliphatic heterocycles. The number of nitrogens with one attached hydrogen (secondary N) is 1. The molecular formula is C18H19BrF2N4O3. The van der Waals surface area contributed by atoms with Gasteiger partial charge in [-0.25, -0.2) is 13.6 Å². The van der Waals surface area contributed by atoms with Crippen molar-refractivity contribution in [1.82, 2.24) is 9.88 Å². The van der Waals surface area contributed by atoms with Gasteiger partial charge in [-0.2, -0.15) is 0 Å². The predicted octanol–water partition coefficient (Wildman–Crippen LogP) is 2.02. The van der Waals surface area contributed by atoms with Crippen molar-refractivity contribution in [3.05, 3.63) is 33.6 Å². The minimum Gasteiger partial charge on any atom is -0.477 e. The van der Waals surface area contributed by atoms with Crippen molar-refractivity contribution in [2.24, 2.45) is 0 Å². The fraction of sp³-hybridized carbons (Fsp3) is 0.444. The lowest BCUT2D eigenvalue weighted by molar-refractivity contribution is 0.0695. The van der Waals surface area contributed by atoms with Crippen LogP contribution in [0.4, 0.5) is 20.2 Å². The smallest absolute Gasteiger partial charge is 0.341 e. The number of benzene rings is 1. The minimum absolute atomic E-state index is 0. The van der Waals surface area contributed by atoms with Crippen LogP contribution in [0.25, 0.3) is 10.9 Å². The highest BCUT2D eigenvalue weighted by Gasteiger charge is 2.41. The van der Waals surface area contributed by atoms with Crippen LogP contribution in [-0.2, 0) is 0 Å². The zero-order valence-electron chi connectivity index (χ0n) is 14.7. The maximum absolute atomic E-state index is 15.6. The quantitative estimate of drug-likeness (QED) is 0.610. The van der Waals surface area contributed by atoms with Crippen LogP contribution in [0, 0.1) is 11.6 Å². The number of aromatic nitrogens is 1. The average molecular weight is 457 g/mol. The Morgan fingerprint density at radius 2 is 1.96 bits per heavy atom. The number of nitrogen functional groups attached to an aromatic ring is 1. The lowest BCUT2D eigenvalue weighted by atomic mass is 10.1. The third-order valence-corrected chi connectivity index (χ3v) is 5.88. The molecule has 1 aromatic carbocycles. The van der Waals surface area contributed by atoms with E-state index in [9.17, 15) is 14.7 Å². The first-order valence-corrected chi connectivity index (χ1v) is 8.97. The van der Waals surface area contributed by atoms with E-state index in [1.807, 2.05) is 0 Å². The van der Waals surface area contributed by atoms with Crippen LogP contribution >= 0.6 is 17.0 Å². The number of nitrogens with two attached hydrogens (primary N) is 1. The zero-order chi connectivity index (χ0) is 19.0. The number of carboxylic acid groups (broad SMARTS) is 1. The topological polar surface area (TPSA) is 101 Å². The number of hydrogen-bond acceptors (Lipinski definition) is 5. The van der Waals surface area contributed by atoms with Crippen molar-refractivity contribution >= 4 is 45.2 Å². The monoisotopic (exact) mass is 456 g/mol. The van der Waals surface area contributed by atoms with Crippen molar-refractivity contribution < 1.29 is 18.7 Å². The molecule has 2 bridgehead atoms. The first-order valence-electron chi connectivity index (χ1n) is 8.97. The van der Waals surface area contributed by atoms with E-state index < -0.39 is 34.3 Å². The van der Waals surface area contributed by atoms with Crippen molar-refractivity contribution in [2.45, 2.75) is 37.4 Å². The van der Waals surface area contributed by atoms with Gasteiger partial charge < -0.3 is 25.6 Å². The first kappa shape index (κ1) is 19.1. The second kappa shape index (κ2) is 6.41. The van der Waals surface area contributed by atoms with Crippen molar-refractivity contribution in [2.75, 3.05) is 23.7 Å². The summed E-state index contributed by atoms with van der Waals surface area (Å²) in [5.74, 6) is -3.27. The van der Waals surface area contributed by atoms with Gasteiger partial charge in [0.1, 0.15) is 11.3 Å². The molecular weight excluding hydrogens is 438 g/mol. The standard InChI is InChI=1S/C18H18F2N4O3.BrH/c19-12-14(21)11-15(13(20)16(12)23-5-7-3-9(23)4-22-7)24(8-1-2-8)6-10(17(11)25)18(26)27;/h6-9,22H,1-5,21H2,(H,26,27);1H/t7-,9?;/m0./s1. The highest BCUT2D eigenvalue weighted by Crippen LogP contribution is 2.43. The van der Waals surface area contributed by atoms with Gasteiger partial charge in [0, 0.05) is 37.4 Å². The number of nitrogens with zero attached hydrogens (tertiary/aromatic N) is 2. The lowest BCUT2D eigenvalue weighted by Crippen LogP contribution is -2.44. The average Bonchev–Trinajstić information content (AvgIpc) is 3.26. The number of aromatic carboxylic acids is 1. The zero-order valence-corrected chi connectivity index (χ0v) is 16.5. The second-order valence-electron chi connectivity index (χ2n) is 7.58. The highest BCUT2D eigenvalue weighted by molar-refractivity contribution is 8.93. The van der Waals surface area contributed by atoms with E-state index in [-0.39, 0.29) is 51.7 Å². The third kappa shape index (κ3) is 2.54. The van der Waals surface area contributed by atoms with E-state index in [1.165, 1.54) is 4.57 Å². The number of carbonyl (C=O) groups is 1. The molecule has 0 radical (unpaired) electrons. The van der Waals surface area contributed by atoms with Gasteiger partial charge in [0.15, 0.2) is 11.6 Å². The number of pyridine rings is 1. The van der Waals surface area contributed by atoms with Gasteiger partial charge in [0.2, 0.25) is 5.43 Å². The largest absolute Gasteiger partial charge is 0.477 e. The van der Waals surface area contributed by atoms with E-state index in [0.29, 0.717) is 13.1 Å². The molecule has 4 N–H and O–H groups in total. The molecule has 3 fully saturated rings. The molecule has 28 heavy (non-hydrogen) atoms. The molecule has 0 amide bonds. The predicted molar refractivity (Wildman–Crippen MR) is 106 cm³/mol. The number of carboxylic acids is 1. The number of piperazine rings is 1. The van der Waals surface area contributed by atoms with Crippen LogP contribution in [0.2, 0.25) is 0 Å². The Balaban J connectivity index is 0.00000192. The number of halogens is 3. The van der Waals surface area contributed by atoms with Gasteiger partial charge in [-0.05, 0) is 19.3 Å². The Morgan fingerprint density at radius 3 is 2.50 bits per heavy atom. The van der Waals surface area contributed by atoms with Crippen LogP contribution in [-0.4, -0.2) is 40.8 Å². The van der Waals surface area contributed by atoms with E-state index in [2.05, 4.69) is 5.32 Å². The van der Waals surface area contributed by atoms with E-state index in [0.717, 1.165) is 25.5 Å². The van der Waals surface area contributed by atoms with Gasteiger partial charge in [-0.15, -0.1) is 17.0 Å². The van der Waals surface area contributed by atoms with Crippen molar-refractivity contribution in [3.63, 3.8) is 0 Å². The fourth-order valence-corrected chi connectivity index (χ4v) is 4.43. The lowest BCUT2D eigenvalue weighted by Gasteiger charge is -2.31. The molecule has 1 saturated carbocycles. The molecule has 2 saturated heterocycles. The first-order chi connectivity index (χ1) is 12.9. The molecule has 2 atom stereocenters. The van der Waals surface area contributed by atoms with Gasteiger partial charge in [0.25, 0.3) is 0 Å². The summed E-state index contributed by atoms with van der Waals surface area (Å²) in [4.78, 5) is 25.7. The second-order valence-corrected chi connectivity index (χ2v) is 7.58. The summed E-state index contributed by atoms with van der Waals surface area (Å²) in [5, 5.41) is 12.2. The Labute approximate surface area is 168 Å². The molecule has 1 aliphatic carbocycles. The molecule has 1 unspecified atom stereocenters. The summed E-state index contributed by atoms with van der Waals surface area (Å²) >= 11 is 0. The van der Waals surface area contributed by atoms with Crippen LogP contribution in [0.5, 0.6) is 0 Å².